The minimum Gasteiger partial charge on any atom is -0.497 e. The van der Waals surface area contributed by atoms with Crippen LogP contribution in [0.1, 0.15) is 55.3 Å². The van der Waals surface area contributed by atoms with Gasteiger partial charge in [-0.15, -0.1) is 0 Å². The largest absolute Gasteiger partial charge is 0.497 e. The predicted molar refractivity (Wildman–Crippen MR) is 176 cm³/mol. The molecule has 1 aliphatic heterocycles. The van der Waals surface area contributed by atoms with E-state index in [2.05, 4.69) is 5.32 Å². The Hall–Kier alpha value is -4.75. The van der Waals surface area contributed by atoms with Crippen molar-refractivity contribution >= 4 is 34.7 Å². The fraction of sp³-hybridized carbons (Fsp3) is 0.243. The molecule has 1 amide bonds. The van der Waals surface area contributed by atoms with Gasteiger partial charge in [0.25, 0.3) is 0 Å². The molecule has 1 heterocycles. The average molecular weight is 623 g/mol. The van der Waals surface area contributed by atoms with Crippen LogP contribution in [0, 0.1) is 0 Å². The molecule has 0 saturated heterocycles. The number of benzene rings is 4. The van der Waals surface area contributed by atoms with Crippen LogP contribution in [0.25, 0.3) is 0 Å². The Kier molecular flexibility index (Phi) is 8.80. The number of nitrogens with one attached hydrogen (secondary N) is 1. The van der Waals surface area contributed by atoms with Crippen molar-refractivity contribution in [3.05, 3.63) is 124 Å². The van der Waals surface area contributed by atoms with E-state index in [1.165, 1.54) is 6.92 Å². The molecule has 8 heteroatoms. The molecular weight excluding hydrogens is 588 g/mol. The van der Waals surface area contributed by atoms with E-state index < -0.39 is 6.04 Å². The highest BCUT2D eigenvalue weighted by atomic mass is 35.5. The van der Waals surface area contributed by atoms with Gasteiger partial charge in [-0.1, -0.05) is 54.1 Å². The second-order valence-electron chi connectivity index (χ2n) is 11.2. The first-order valence-electron chi connectivity index (χ1n) is 15.1. The summed E-state index contributed by atoms with van der Waals surface area (Å²) in [4.78, 5) is 29.4. The summed E-state index contributed by atoms with van der Waals surface area (Å²) in [6.45, 7) is 4.20. The van der Waals surface area contributed by atoms with Gasteiger partial charge < -0.3 is 19.5 Å². The van der Waals surface area contributed by atoms with Gasteiger partial charge in [0.1, 0.15) is 12.4 Å². The van der Waals surface area contributed by atoms with E-state index in [0.29, 0.717) is 53.8 Å². The highest BCUT2D eigenvalue weighted by Gasteiger charge is 2.41. The number of allylic oxidation sites excluding steroid dienone is 1. The molecule has 0 unspecified atom stereocenters. The van der Waals surface area contributed by atoms with Gasteiger partial charge in [0.15, 0.2) is 17.3 Å². The van der Waals surface area contributed by atoms with Crippen molar-refractivity contribution < 1.29 is 23.8 Å². The Labute approximate surface area is 268 Å². The number of para-hydroxylation sites is 2. The topological polar surface area (TPSA) is 77.1 Å². The molecule has 0 saturated carbocycles. The summed E-state index contributed by atoms with van der Waals surface area (Å²) >= 11 is 6.05. The maximum Gasteiger partial charge on any atom is 0.224 e. The van der Waals surface area contributed by atoms with Crippen LogP contribution >= 0.6 is 11.6 Å². The fourth-order valence-electron chi connectivity index (χ4n) is 6.19. The summed E-state index contributed by atoms with van der Waals surface area (Å²) in [6.07, 6.45) is 0.941. The molecule has 4 aromatic rings. The number of carbonyl (C=O) groups excluding carboxylic acids is 2. The van der Waals surface area contributed by atoms with Crippen molar-refractivity contribution in [2.75, 3.05) is 23.9 Å². The molecule has 1 N–H and O–H groups in total. The first-order chi connectivity index (χ1) is 21.9. The lowest BCUT2D eigenvalue weighted by Crippen LogP contribution is -2.37. The van der Waals surface area contributed by atoms with E-state index in [4.69, 9.17) is 25.8 Å². The number of ketones is 1. The van der Waals surface area contributed by atoms with Gasteiger partial charge in [-0.3, -0.25) is 14.5 Å². The van der Waals surface area contributed by atoms with Crippen molar-refractivity contribution in [3.63, 3.8) is 0 Å². The third kappa shape index (κ3) is 6.26. The van der Waals surface area contributed by atoms with Crippen molar-refractivity contribution in [1.82, 2.24) is 0 Å². The molecule has 0 radical (unpaired) electrons. The summed E-state index contributed by atoms with van der Waals surface area (Å²) in [5.74, 6) is 1.68. The van der Waals surface area contributed by atoms with E-state index in [9.17, 15) is 9.59 Å². The molecule has 6 rings (SSSR count). The quantitative estimate of drug-likeness (QED) is 0.213. The Morgan fingerprint density at radius 1 is 0.911 bits per heavy atom. The third-order valence-corrected chi connectivity index (χ3v) is 8.56. The van der Waals surface area contributed by atoms with Crippen molar-refractivity contribution in [3.8, 4) is 17.2 Å². The van der Waals surface area contributed by atoms with Crippen LogP contribution < -0.4 is 24.4 Å². The number of hydrogen-bond donors (Lipinski definition) is 1. The monoisotopic (exact) mass is 622 g/mol. The van der Waals surface area contributed by atoms with Crippen molar-refractivity contribution in [2.45, 2.75) is 45.3 Å². The predicted octanol–water partition coefficient (Wildman–Crippen LogP) is 8.25. The smallest absolute Gasteiger partial charge is 0.224 e. The van der Waals surface area contributed by atoms with Crippen LogP contribution in [0.2, 0.25) is 5.02 Å². The minimum atomic E-state index is -0.664. The number of methoxy groups -OCH3 is 1. The van der Waals surface area contributed by atoms with Gasteiger partial charge in [0.05, 0.1) is 31.1 Å². The maximum atomic E-state index is 14.2. The molecular formula is C37H35ClN2O5. The Bertz CT molecular complexity index is 1750. The Balaban J connectivity index is 1.43. The van der Waals surface area contributed by atoms with E-state index in [1.54, 1.807) is 12.0 Å². The zero-order valence-corrected chi connectivity index (χ0v) is 26.3. The second-order valence-corrected chi connectivity index (χ2v) is 11.6. The normalized spacial score (nSPS) is 17.5. The molecule has 230 valence electrons. The summed E-state index contributed by atoms with van der Waals surface area (Å²) in [6, 6.07) is 28.0. The Morgan fingerprint density at radius 2 is 1.64 bits per heavy atom. The number of Topliss-reactive ketones (excluding diaryl/α,β-unsaturated/α-hetero) is 1. The lowest BCUT2D eigenvalue weighted by molar-refractivity contribution is -0.117. The number of carbonyl (C=O) groups is 2. The molecule has 0 spiro atoms. The summed E-state index contributed by atoms with van der Waals surface area (Å²) in [7, 11) is 1.64. The maximum absolute atomic E-state index is 14.2. The number of anilines is 2. The highest BCUT2D eigenvalue weighted by molar-refractivity contribution is 6.30. The molecule has 0 bridgehead atoms. The second kappa shape index (κ2) is 13.1. The van der Waals surface area contributed by atoms with Crippen LogP contribution in [0.3, 0.4) is 0 Å². The first kappa shape index (κ1) is 30.3. The van der Waals surface area contributed by atoms with Gasteiger partial charge in [0.2, 0.25) is 5.91 Å². The number of rotatable bonds is 8. The number of nitrogens with zero attached hydrogens (tertiary/aromatic N) is 1. The SMILES string of the molecule is CCOc1cc([C@H]2C3=C(C[C@@H](c4ccc(OC)cc4)CC3=O)Nc3ccccc3N2C(C)=O)ccc1OCc1ccc(Cl)cc1. The average Bonchev–Trinajstić information content (AvgIpc) is 3.20. The third-order valence-electron chi connectivity index (χ3n) is 8.31. The molecule has 0 fully saturated rings. The standard InChI is InChI=1S/C37H35ClN2O5/c1-4-44-35-21-26(13-18-34(35)45-22-24-9-14-28(38)15-10-24)37-36-31(39-30-7-5-6-8-32(30)40(37)23(2)41)19-27(20-33(36)42)25-11-16-29(43-3)17-12-25/h5-18,21,27,37,39H,4,19-20,22H2,1-3H3/t27-,37+/m1/s1. The van der Waals surface area contributed by atoms with Crippen molar-refractivity contribution in [1.29, 1.82) is 0 Å². The summed E-state index contributed by atoms with van der Waals surface area (Å²) in [5, 5.41) is 4.23. The zero-order valence-electron chi connectivity index (χ0n) is 25.5. The van der Waals surface area contributed by atoms with Crippen LogP contribution in [-0.4, -0.2) is 25.4 Å². The number of halogens is 1. The summed E-state index contributed by atoms with van der Waals surface area (Å²) < 4.78 is 17.6. The van der Waals surface area contributed by atoms with E-state index >= 15 is 0 Å². The van der Waals surface area contributed by atoms with Gasteiger partial charge in [-0.25, -0.2) is 0 Å². The number of fused-ring (bicyclic) bond motifs is 1. The lowest BCUT2D eigenvalue weighted by Gasteiger charge is -2.35. The zero-order chi connectivity index (χ0) is 31.5. The Morgan fingerprint density at radius 3 is 2.36 bits per heavy atom. The van der Waals surface area contributed by atoms with Crippen LogP contribution in [0.5, 0.6) is 17.2 Å². The van der Waals surface area contributed by atoms with Gasteiger partial charge in [-0.05, 0) is 84.5 Å². The number of hydrogen-bond acceptors (Lipinski definition) is 6. The highest BCUT2D eigenvalue weighted by Crippen LogP contribution is 2.48. The van der Waals surface area contributed by atoms with Crippen LogP contribution in [0.4, 0.5) is 11.4 Å². The van der Waals surface area contributed by atoms with Gasteiger partial charge in [0, 0.05) is 29.6 Å². The molecule has 0 aromatic heterocycles. The molecule has 2 atom stereocenters. The van der Waals surface area contributed by atoms with E-state index in [1.807, 2.05) is 97.9 Å². The van der Waals surface area contributed by atoms with Gasteiger partial charge >= 0.3 is 0 Å². The molecule has 4 aromatic carbocycles. The fourth-order valence-corrected chi connectivity index (χ4v) is 6.32. The summed E-state index contributed by atoms with van der Waals surface area (Å²) in [5.41, 5.74) is 5.68. The van der Waals surface area contributed by atoms with E-state index in [0.717, 1.165) is 33.8 Å². The minimum absolute atomic E-state index is 0.00495. The molecule has 1 aliphatic carbocycles. The van der Waals surface area contributed by atoms with Gasteiger partial charge in [-0.2, -0.15) is 0 Å². The molecule has 7 nitrogen and oxygen atoms in total. The number of amides is 1. The lowest BCUT2D eigenvalue weighted by atomic mass is 9.78. The van der Waals surface area contributed by atoms with Crippen LogP contribution in [0.15, 0.2) is 102 Å². The molecule has 2 aliphatic rings. The molecule has 45 heavy (non-hydrogen) atoms. The van der Waals surface area contributed by atoms with Crippen molar-refractivity contribution in [2.24, 2.45) is 0 Å². The number of ether oxygens (including phenoxy) is 3. The van der Waals surface area contributed by atoms with E-state index in [-0.39, 0.29) is 17.6 Å². The van der Waals surface area contributed by atoms with Crippen LogP contribution in [-0.2, 0) is 16.2 Å². The first-order valence-corrected chi connectivity index (χ1v) is 15.4.